The molecule has 0 aliphatic carbocycles. The third kappa shape index (κ3) is 4.56. The van der Waals surface area contributed by atoms with Crippen molar-refractivity contribution >= 4 is 5.91 Å². The van der Waals surface area contributed by atoms with Crippen LogP contribution in [0.25, 0.3) is 0 Å². The highest BCUT2D eigenvalue weighted by Gasteiger charge is 2.03. The lowest BCUT2D eigenvalue weighted by Crippen LogP contribution is -2.31. The highest BCUT2D eigenvalue weighted by Crippen LogP contribution is 1.91. The molecule has 0 saturated carbocycles. The SMILES string of the molecule is C#CC(CC)NC(=O)C=C(C)C. The molecule has 66 valence electrons. The van der Waals surface area contributed by atoms with Crippen molar-refractivity contribution in [2.24, 2.45) is 0 Å². The lowest BCUT2D eigenvalue weighted by molar-refractivity contribution is -0.116. The first-order chi connectivity index (χ1) is 5.60. The molecule has 1 unspecified atom stereocenters. The van der Waals surface area contributed by atoms with Crippen LogP contribution in [0.2, 0.25) is 0 Å². The fourth-order valence-corrected chi connectivity index (χ4v) is 0.737. The van der Waals surface area contributed by atoms with Gasteiger partial charge in [0.1, 0.15) is 0 Å². The Kier molecular flexibility index (Phi) is 4.87. The summed E-state index contributed by atoms with van der Waals surface area (Å²) in [6, 6.07) is -0.145. The fourth-order valence-electron chi connectivity index (χ4n) is 0.737. The minimum Gasteiger partial charge on any atom is -0.339 e. The standard InChI is InChI=1S/C10H15NO/c1-5-9(6-2)11-10(12)7-8(3)4/h1,7,9H,6H2,2-4H3,(H,11,12). The molecule has 0 saturated heterocycles. The third-order valence-electron chi connectivity index (χ3n) is 1.35. The van der Waals surface area contributed by atoms with Crippen LogP contribution in [0.1, 0.15) is 27.2 Å². The topological polar surface area (TPSA) is 29.1 Å². The summed E-state index contributed by atoms with van der Waals surface area (Å²) in [6.45, 7) is 5.68. The zero-order valence-corrected chi connectivity index (χ0v) is 7.85. The maximum atomic E-state index is 11.1. The molecule has 1 atom stereocenters. The van der Waals surface area contributed by atoms with Gasteiger partial charge in [-0.25, -0.2) is 0 Å². The Hall–Kier alpha value is -1.23. The Morgan fingerprint density at radius 1 is 1.67 bits per heavy atom. The summed E-state index contributed by atoms with van der Waals surface area (Å²) in [5.74, 6) is 2.38. The molecule has 0 spiro atoms. The van der Waals surface area contributed by atoms with E-state index in [0.717, 1.165) is 12.0 Å². The number of carbonyl (C=O) groups is 1. The molecule has 2 heteroatoms. The second-order valence-electron chi connectivity index (χ2n) is 2.86. The molecule has 2 nitrogen and oxygen atoms in total. The first-order valence-corrected chi connectivity index (χ1v) is 4.01. The summed E-state index contributed by atoms with van der Waals surface area (Å²) in [5.41, 5.74) is 0.972. The van der Waals surface area contributed by atoms with E-state index in [1.165, 1.54) is 0 Å². The molecule has 0 aliphatic rings. The van der Waals surface area contributed by atoms with Gasteiger partial charge in [0.2, 0.25) is 5.91 Å². The highest BCUT2D eigenvalue weighted by molar-refractivity contribution is 5.88. The molecule has 0 heterocycles. The monoisotopic (exact) mass is 165 g/mol. The van der Waals surface area contributed by atoms with E-state index in [1.54, 1.807) is 6.08 Å². The van der Waals surface area contributed by atoms with E-state index in [1.807, 2.05) is 20.8 Å². The van der Waals surface area contributed by atoms with Gasteiger partial charge in [-0.1, -0.05) is 18.4 Å². The minimum absolute atomic E-state index is 0.111. The van der Waals surface area contributed by atoms with Crippen molar-refractivity contribution in [2.75, 3.05) is 0 Å². The van der Waals surface area contributed by atoms with E-state index in [9.17, 15) is 4.79 Å². The maximum absolute atomic E-state index is 11.1. The number of terminal acetylenes is 1. The summed E-state index contributed by atoms with van der Waals surface area (Å²) in [7, 11) is 0. The predicted octanol–water partition coefficient (Wildman–Crippen LogP) is 1.48. The largest absolute Gasteiger partial charge is 0.339 e. The van der Waals surface area contributed by atoms with Crippen molar-refractivity contribution in [1.82, 2.24) is 5.32 Å². The van der Waals surface area contributed by atoms with Crippen LogP contribution >= 0.6 is 0 Å². The van der Waals surface area contributed by atoms with Crippen LogP contribution in [0.3, 0.4) is 0 Å². The molecule has 0 radical (unpaired) electrons. The van der Waals surface area contributed by atoms with Crippen molar-refractivity contribution in [3.63, 3.8) is 0 Å². The maximum Gasteiger partial charge on any atom is 0.244 e. The van der Waals surface area contributed by atoms with Crippen LogP contribution in [0.4, 0.5) is 0 Å². The zero-order chi connectivity index (χ0) is 9.56. The Morgan fingerprint density at radius 2 is 2.25 bits per heavy atom. The third-order valence-corrected chi connectivity index (χ3v) is 1.35. The molecule has 0 aromatic rings. The van der Waals surface area contributed by atoms with Gasteiger partial charge in [-0.05, 0) is 20.3 Å². The van der Waals surface area contributed by atoms with E-state index in [0.29, 0.717) is 0 Å². The summed E-state index contributed by atoms with van der Waals surface area (Å²) in [5, 5.41) is 2.70. The van der Waals surface area contributed by atoms with E-state index >= 15 is 0 Å². The number of hydrogen-bond donors (Lipinski definition) is 1. The second-order valence-corrected chi connectivity index (χ2v) is 2.86. The average molecular weight is 165 g/mol. The van der Waals surface area contributed by atoms with Crippen LogP contribution in [0.15, 0.2) is 11.6 Å². The smallest absolute Gasteiger partial charge is 0.244 e. The van der Waals surface area contributed by atoms with Crippen molar-refractivity contribution in [1.29, 1.82) is 0 Å². The number of nitrogens with one attached hydrogen (secondary N) is 1. The number of amides is 1. The number of rotatable bonds is 3. The van der Waals surface area contributed by atoms with E-state index in [4.69, 9.17) is 6.42 Å². The molecule has 0 bridgehead atoms. The van der Waals surface area contributed by atoms with Gasteiger partial charge in [-0.3, -0.25) is 4.79 Å². The van der Waals surface area contributed by atoms with E-state index < -0.39 is 0 Å². The Bertz CT molecular complexity index is 218. The predicted molar refractivity (Wildman–Crippen MR) is 50.5 cm³/mol. The molecular weight excluding hydrogens is 150 g/mol. The van der Waals surface area contributed by atoms with Crippen LogP contribution in [0.5, 0.6) is 0 Å². The molecule has 0 aromatic carbocycles. The number of hydrogen-bond acceptors (Lipinski definition) is 1. The normalized spacial score (nSPS) is 11.2. The lowest BCUT2D eigenvalue weighted by Gasteiger charge is -2.07. The van der Waals surface area contributed by atoms with Gasteiger partial charge < -0.3 is 5.32 Å². The van der Waals surface area contributed by atoms with Gasteiger partial charge >= 0.3 is 0 Å². The zero-order valence-electron chi connectivity index (χ0n) is 7.85. The second kappa shape index (κ2) is 5.42. The molecule has 0 fully saturated rings. The summed E-state index contributed by atoms with van der Waals surface area (Å²) >= 11 is 0. The summed E-state index contributed by atoms with van der Waals surface area (Å²) in [6.07, 6.45) is 7.48. The molecular formula is C10H15NO. The molecule has 12 heavy (non-hydrogen) atoms. The van der Waals surface area contributed by atoms with Gasteiger partial charge in [-0.2, -0.15) is 0 Å². The Morgan fingerprint density at radius 3 is 2.58 bits per heavy atom. The summed E-state index contributed by atoms with van der Waals surface area (Å²) < 4.78 is 0. The molecule has 0 aromatic heterocycles. The van der Waals surface area contributed by atoms with Crippen LogP contribution in [0, 0.1) is 12.3 Å². The quantitative estimate of drug-likeness (QED) is 0.498. The van der Waals surface area contributed by atoms with Gasteiger partial charge in [0.25, 0.3) is 0 Å². The van der Waals surface area contributed by atoms with Crippen LogP contribution in [-0.2, 0) is 4.79 Å². The highest BCUT2D eigenvalue weighted by atomic mass is 16.1. The fraction of sp³-hybridized carbons (Fsp3) is 0.500. The molecule has 1 N–H and O–H groups in total. The van der Waals surface area contributed by atoms with Gasteiger partial charge in [0, 0.05) is 6.08 Å². The lowest BCUT2D eigenvalue weighted by atomic mass is 10.2. The minimum atomic E-state index is -0.145. The van der Waals surface area contributed by atoms with Crippen LogP contribution in [-0.4, -0.2) is 11.9 Å². The average Bonchev–Trinajstić information content (AvgIpc) is 1.98. The van der Waals surface area contributed by atoms with Crippen molar-refractivity contribution in [3.05, 3.63) is 11.6 Å². The van der Waals surface area contributed by atoms with Gasteiger partial charge in [-0.15, -0.1) is 6.42 Å². The summed E-state index contributed by atoms with van der Waals surface area (Å²) in [4.78, 5) is 11.1. The van der Waals surface area contributed by atoms with Crippen molar-refractivity contribution in [3.8, 4) is 12.3 Å². The molecule has 0 aliphatic heterocycles. The van der Waals surface area contributed by atoms with Gasteiger partial charge in [0.05, 0.1) is 6.04 Å². The Labute approximate surface area is 74.0 Å². The van der Waals surface area contributed by atoms with Crippen LogP contribution < -0.4 is 5.32 Å². The first-order valence-electron chi connectivity index (χ1n) is 4.01. The van der Waals surface area contributed by atoms with E-state index in [2.05, 4.69) is 11.2 Å². The number of carbonyl (C=O) groups excluding carboxylic acids is 1. The van der Waals surface area contributed by atoms with Crippen molar-refractivity contribution in [2.45, 2.75) is 33.2 Å². The van der Waals surface area contributed by atoms with Crippen molar-refractivity contribution < 1.29 is 4.79 Å². The number of allylic oxidation sites excluding steroid dienone is 1. The first kappa shape index (κ1) is 10.8. The molecule has 0 rings (SSSR count). The Balaban J connectivity index is 4.02. The van der Waals surface area contributed by atoms with Gasteiger partial charge in [0.15, 0.2) is 0 Å². The van der Waals surface area contributed by atoms with E-state index in [-0.39, 0.29) is 11.9 Å². The molecule has 1 amide bonds.